The van der Waals surface area contributed by atoms with Crippen LogP contribution in [-0.4, -0.2) is 153 Å². The van der Waals surface area contributed by atoms with Gasteiger partial charge in [-0.05, 0) is 86.6 Å². The number of unbranched alkanes of at least 4 members (excludes halogenated alkanes) is 1. The Morgan fingerprint density at radius 1 is 0.564 bits per heavy atom. The molecule has 0 aliphatic heterocycles. The summed E-state index contributed by atoms with van der Waals surface area (Å²) in [5.41, 5.74) is -1.13. The number of amides is 9. The van der Waals surface area contributed by atoms with Crippen LogP contribution in [0.25, 0.3) is 0 Å². The molecule has 0 spiro atoms. The molecule has 78 heavy (non-hydrogen) atoms. The third-order valence-corrected chi connectivity index (χ3v) is 11.9. The van der Waals surface area contributed by atoms with Crippen LogP contribution in [0.2, 0.25) is 0 Å². The molecule has 7 atom stereocenters. The number of carboxylic acids is 2. The zero-order valence-electron chi connectivity index (χ0n) is 45.1. The van der Waals surface area contributed by atoms with Crippen molar-refractivity contribution in [1.29, 1.82) is 0 Å². The molecule has 0 aromatic heterocycles. The first-order valence-corrected chi connectivity index (χ1v) is 25.7. The molecule has 0 aliphatic carbocycles. The second kappa shape index (κ2) is 33.3. The molecule has 0 saturated heterocycles. The molecular formula is C53H77N9O16. The third kappa shape index (κ3) is 25.7. The Labute approximate surface area is 453 Å². The molecule has 0 aliphatic rings. The van der Waals surface area contributed by atoms with Crippen LogP contribution < -0.4 is 47.9 Å². The lowest BCUT2D eigenvalue weighted by Gasteiger charge is -2.28. The van der Waals surface area contributed by atoms with E-state index < -0.39 is 152 Å². The van der Waals surface area contributed by atoms with Crippen molar-refractivity contribution in [2.75, 3.05) is 19.6 Å². The molecule has 2 aromatic rings. The molecule has 13 N–H and O–H groups in total. The lowest BCUT2D eigenvalue weighted by atomic mass is 9.98. The number of rotatable bonds is 35. The summed E-state index contributed by atoms with van der Waals surface area (Å²) in [5.74, 6) is -11.1. The average molecular weight is 1100 g/mol. The van der Waals surface area contributed by atoms with Crippen LogP contribution in [0, 0.1) is 17.8 Å². The van der Waals surface area contributed by atoms with Crippen molar-refractivity contribution in [3.63, 3.8) is 0 Å². The zero-order valence-corrected chi connectivity index (χ0v) is 45.1. The number of nitrogens with one attached hydrogen (secondary N) is 9. The van der Waals surface area contributed by atoms with Crippen molar-refractivity contribution in [3.05, 3.63) is 65.7 Å². The number of aldehydes is 1. The van der Waals surface area contributed by atoms with Gasteiger partial charge in [0.15, 0.2) is 0 Å². The number of carbonyl (C=O) groups excluding carboxylic acids is 10. The first-order chi connectivity index (χ1) is 36.6. The number of aliphatic hydroxyl groups is 1. The largest absolute Gasteiger partial charge is 0.508 e. The van der Waals surface area contributed by atoms with Crippen LogP contribution in [0.4, 0.5) is 0 Å². The fourth-order valence-electron chi connectivity index (χ4n) is 7.66. The molecule has 2 rings (SSSR count). The molecule has 0 bridgehead atoms. The van der Waals surface area contributed by atoms with Crippen LogP contribution >= 0.6 is 0 Å². The molecule has 0 heterocycles. The Morgan fingerprint density at radius 2 is 1.12 bits per heavy atom. The van der Waals surface area contributed by atoms with E-state index in [9.17, 15) is 72.9 Å². The van der Waals surface area contributed by atoms with E-state index in [4.69, 9.17) is 5.11 Å². The molecule has 25 nitrogen and oxygen atoms in total. The number of phenols is 1. The van der Waals surface area contributed by atoms with Gasteiger partial charge in [-0.25, -0.2) is 0 Å². The van der Waals surface area contributed by atoms with Gasteiger partial charge in [-0.1, -0.05) is 71.9 Å². The van der Waals surface area contributed by atoms with E-state index in [0.717, 1.165) is 0 Å². The lowest BCUT2D eigenvalue weighted by molar-refractivity contribution is -0.143. The summed E-state index contributed by atoms with van der Waals surface area (Å²) in [4.78, 5) is 156. The molecule has 25 heteroatoms. The molecule has 0 radical (unpaired) electrons. The summed E-state index contributed by atoms with van der Waals surface area (Å²) < 4.78 is 0. The summed E-state index contributed by atoms with van der Waals surface area (Å²) in [7, 11) is 0. The Bertz CT molecular complexity index is 2380. The maximum Gasteiger partial charge on any atom is 0.306 e. The molecule has 430 valence electrons. The summed E-state index contributed by atoms with van der Waals surface area (Å²) >= 11 is 0. The minimum atomic E-state index is -1.85. The maximum atomic E-state index is 14.4. The first kappa shape index (κ1) is 66.2. The van der Waals surface area contributed by atoms with Crippen molar-refractivity contribution in [1.82, 2.24) is 47.9 Å². The van der Waals surface area contributed by atoms with E-state index in [1.807, 2.05) is 0 Å². The normalized spacial score (nSPS) is 14.1. The van der Waals surface area contributed by atoms with Gasteiger partial charge >= 0.3 is 11.9 Å². The van der Waals surface area contributed by atoms with Crippen molar-refractivity contribution >= 4 is 71.4 Å². The van der Waals surface area contributed by atoms with Crippen molar-refractivity contribution in [3.8, 4) is 5.75 Å². The number of phenolic OH excluding ortho intramolecular Hbond substituents is 1. The van der Waals surface area contributed by atoms with Crippen LogP contribution in [0.15, 0.2) is 54.6 Å². The third-order valence-electron chi connectivity index (χ3n) is 11.9. The Kier molecular flexibility index (Phi) is 28.2. The van der Waals surface area contributed by atoms with Crippen molar-refractivity contribution in [2.45, 2.75) is 148 Å². The minimum absolute atomic E-state index is 0.0146. The topological polar surface area (TPSA) is 394 Å². The number of aliphatic carboxylic acids is 2. The SMILES string of the molecule is CC(C)C[C@H](NC(=O)[C@@H](NC(=O)CNC(=O)c1ccccc1)C(C)C)C(=O)N[C@@H](CCCCNC(=O)C[C@@](C)(O)CC(=O)O)C(=O)N[C@@H](CCC(=O)O)C(=O)N[C@@H](Cc1ccc(O)cc1)C(=O)NCC(=O)N[C@H](C=O)C(C)C. The monoisotopic (exact) mass is 1100 g/mol. The quantitative estimate of drug-likeness (QED) is 0.0312. The lowest BCUT2D eigenvalue weighted by Crippen LogP contribution is -2.60. The number of hydrogen-bond acceptors (Lipinski definition) is 14. The summed E-state index contributed by atoms with van der Waals surface area (Å²) in [5, 5.41) is 61.7. The molecule has 0 saturated carbocycles. The molecular weight excluding hydrogens is 1020 g/mol. The summed E-state index contributed by atoms with van der Waals surface area (Å²) in [6.07, 6.45) is -2.07. The van der Waals surface area contributed by atoms with E-state index in [0.29, 0.717) is 17.4 Å². The van der Waals surface area contributed by atoms with Gasteiger partial charge in [0.05, 0.1) is 37.6 Å². The highest BCUT2D eigenvalue weighted by atomic mass is 16.4. The van der Waals surface area contributed by atoms with E-state index in [2.05, 4.69) is 47.9 Å². The molecule has 0 fully saturated rings. The average Bonchev–Trinajstić information content (AvgIpc) is 3.35. The van der Waals surface area contributed by atoms with E-state index >= 15 is 0 Å². The second-order valence-electron chi connectivity index (χ2n) is 20.3. The van der Waals surface area contributed by atoms with Gasteiger partial charge in [0, 0.05) is 24.9 Å². The predicted octanol–water partition coefficient (Wildman–Crippen LogP) is -0.286. The smallest absolute Gasteiger partial charge is 0.306 e. The second-order valence-corrected chi connectivity index (χ2v) is 20.3. The van der Waals surface area contributed by atoms with E-state index in [1.165, 1.54) is 31.2 Å². The van der Waals surface area contributed by atoms with Gasteiger partial charge in [-0.15, -0.1) is 0 Å². The predicted molar refractivity (Wildman–Crippen MR) is 282 cm³/mol. The Morgan fingerprint density at radius 3 is 1.67 bits per heavy atom. The number of aromatic hydroxyl groups is 1. The Hall–Kier alpha value is -7.96. The van der Waals surface area contributed by atoms with Crippen molar-refractivity contribution in [2.24, 2.45) is 17.8 Å². The number of hydrogen-bond donors (Lipinski definition) is 13. The number of carbonyl (C=O) groups is 12. The number of benzene rings is 2. The molecule has 9 amide bonds. The zero-order chi connectivity index (χ0) is 58.7. The Balaban J connectivity index is 2.45. The van der Waals surface area contributed by atoms with Crippen LogP contribution in [-0.2, 0) is 59.2 Å². The van der Waals surface area contributed by atoms with E-state index in [1.54, 1.807) is 71.9 Å². The van der Waals surface area contributed by atoms with Gasteiger partial charge in [0.25, 0.3) is 5.91 Å². The van der Waals surface area contributed by atoms with Crippen molar-refractivity contribution < 1.29 is 78.0 Å². The van der Waals surface area contributed by atoms with Gasteiger partial charge in [-0.3, -0.25) is 52.7 Å². The van der Waals surface area contributed by atoms with Crippen LogP contribution in [0.1, 0.15) is 116 Å². The minimum Gasteiger partial charge on any atom is -0.508 e. The molecule has 0 unspecified atom stereocenters. The fourth-order valence-corrected chi connectivity index (χ4v) is 7.66. The van der Waals surface area contributed by atoms with Gasteiger partial charge in [0.1, 0.15) is 42.2 Å². The van der Waals surface area contributed by atoms with Crippen LogP contribution in [0.5, 0.6) is 5.75 Å². The first-order valence-electron chi connectivity index (χ1n) is 25.7. The summed E-state index contributed by atoms with van der Waals surface area (Å²) in [6, 6.07) is 5.62. The molecule has 2 aromatic carbocycles. The highest BCUT2D eigenvalue weighted by Gasteiger charge is 2.34. The highest BCUT2D eigenvalue weighted by molar-refractivity contribution is 5.99. The van der Waals surface area contributed by atoms with E-state index in [-0.39, 0.29) is 56.2 Å². The fraction of sp³-hybridized carbons (Fsp3) is 0.547. The standard InChI is InChI=1S/C53H77N9O16/c1-30(2)23-38(61-52(77)46(32(5)6)62-43(67)28-55-47(72)34-13-9-8-10-14-34)51(76)58-36(15-11-12-22-54-41(65)25-53(7,78)26-45(70)71)49(74)59-37(20-21-44(68)69)50(75)60-39(24-33-16-18-35(64)19-17-33)48(73)56-27-42(66)57-40(29-63)31(3)4/h8-10,13-14,16-19,29-32,36-40,46,64,78H,11-12,15,20-28H2,1-7H3,(H,54,65)(H,55,72)(H,56,73)(H,57,66)(H,58,76)(H,59,74)(H,60,75)(H,61,77)(H,62,67)(H,68,69)(H,70,71)/t36-,37-,38-,39-,40+,46-,53+/m0/s1. The maximum absolute atomic E-state index is 14.4. The van der Waals surface area contributed by atoms with Gasteiger partial charge < -0.3 is 73.1 Å². The number of carboxylic acid groups (broad SMARTS) is 2. The van der Waals surface area contributed by atoms with Gasteiger partial charge in [-0.2, -0.15) is 0 Å². The van der Waals surface area contributed by atoms with Gasteiger partial charge in [0.2, 0.25) is 47.3 Å². The highest BCUT2D eigenvalue weighted by Crippen LogP contribution is 2.16. The summed E-state index contributed by atoms with van der Waals surface area (Å²) in [6.45, 7) is 10.2. The van der Waals surface area contributed by atoms with Crippen LogP contribution in [0.3, 0.4) is 0 Å².